The standard InChI is InChI=1S/C18H19N3O2S/c1-4-23-16-10-12(24-3)6-7-13(16)17-20-14-8-5-11(18(22)19-2)9-15(14)21-17/h5-10H,4H2,1-3H3,(H,19,22)(H,20,21). The van der Waals surface area contributed by atoms with Crippen molar-refractivity contribution in [3.05, 3.63) is 42.0 Å². The molecular formula is C18H19N3O2S. The lowest BCUT2D eigenvalue weighted by Gasteiger charge is -2.09. The molecule has 5 nitrogen and oxygen atoms in total. The molecule has 0 atom stereocenters. The molecular weight excluding hydrogens is 322 g/mol. The first-order valence-electron chi connectivity index (χ1n) is 7.69. The number of nitrogens with one attached hydrogen (secondary N) is 2. The van der Waals surface area contributed by atoms with Crippen molar-refractivity contribution in [2.75, 3.05) is 19.9 Å². The zero-order valence-electron chi connectivity index (χ0n) is 13.8. The fraction of sp³-hybridized carbons (Fsp3) is 0.222. The fourth-order valence-electron chi connectivity index (χ4n) is 2.52. The lowest BCUT2D eigenvalue weighted by Crippen LogP contribution is -2.17. The number of imidazole rings is 1. The molecule has 0 unspecified atom stereocenters. The van der Waals surface area contributed by atoms with Gasteiger partial charge in [0, 0.05) is 17.5 Å². The Balaban J connectivity index is 2.07. The van der Waals surface area contributed by atoms with Crippen molar-refractivity contribution in [1.82, 2.24) is 15.3 Å². The number of ether oxygens (including phenoxy) is 1. The molecule has 0 saturated carbocycles. The molecule has 0 saturated heterocycles. The van der Waals surface area contributed by atoms with Gasteiger partial charge in [-0.2, -0.15) is 0 Å². The minimum Gasteiger partial charge on any atom is -0.493 e. The Bertz CT molecular complexity index is 889. The van der Waals surface area contributed by atoms with Crippen molar-refractivity contribution in [3.63, 3.8) is 0 Å². The highest BCUT2D eigenvalue weighted by molar-refractivity contribution is 7.98. The van der Waals surface area contributed by atoms with E-state index in [1.165, 1.54) is 0 Å². The van der Waals surface area contributed by atoms with Gasteiger partial charge in [0.25, 0.3) is 5.91 Å². The Morgan fingerprint density at radius 3 is 2.83 bits per heavy atom. The Labute approximate surface area is 144 Å². The molecule has 124 valence electrons. The molecule has 0 aliphatic carbocycles. The number of aromatic nitrogens is 2. The van der Waals surface area contributed by atoms with Crippen LogP contribution in [0.5, 0.6) is 5.75 Å². The molecule has 0 radical (unpaired) electrons. The lowest BCUT2D eigenvalue weighted by atomic mass is 10.2. The molecule has 3 rings (SSSR count). The molecule has 3 aromatic rings. The molecule has 0 fully saturated rings. The first kappa shape index (κ1) is 16.4. The van der Waals surface area contributed by atoms with Crippen LogP contribution in [0.2, 0.25) is 0 Å². The summed E-state index contributed by atoms with van der Waals surface area (Å²) in [6.45, 7) is 2.55. The molecule has 0 aliphatic heterocycles. The van der Waals surface area contributed by atoms with Crippen molar-refractivity contribution in [3.8, 4) is 17.1 Å². The quantitative estimate of drug-likeness (QED) is 0.694. The summed E-state index contributed by atoms with van der Waals surface area (Å²) in [7, 11) is 1.62. The highest BCUT2D eigenvalue weighted by atomic mass is 32.2. The zero-order valence-corrected chi connectivity index (χ0v) is 14.7. The van der Waals surface area contributed by atoms with Crippen LogP contribution in [0.15, 0.2) is 41.3 Å². The molecule has 0 bridgehead atoms. The SMILES string of the molecule is CCOc1cc(SC)ccc1-c1nc2cc(C(=O)NC)ccc2[nH]1. The van der Waals surface area contributed by atoms with Crippen LogP contribution in [0.25, 0.3) is 22.4 Å². The number of carbonyl (C=O) groups is 1. The molecule has 0 spiro atoms. The number of hydrogen-bond acceptors (Lipinski definition) is 4. The second-order valence-electron chi connectivity index (χ2n) is 5.19. The monoisotopic (exact) mass is 341 g/mol. The predicted molar refractivity (Wildman–Crippen MR) is 97.9 cm³/mol. The molecule has 1 amide bonds. The maximum atomic E-state index is 11.8. The van der Waals surface area contributed by atoms with Crippen molar-refractivity contribution >= 4 is 28.7 Å². The van der Waals surface area contributed by atoms with Crippen LogP contribution < -0.4 is 10.1 Å². The van der Waals surface area contributed by atoms with Gasteiger partial charge in [-0.1, -0.05) is 0 Å². The molecule has 2 N–H and O–H groups in total. The largest absolute Gasteiger partial charge is 0.493 e. The van der Waals surface area contributed by atoms with E-state index in [0.29, 0.717) is 12.2 Å². The van der Waals surface area contributed by atoms with Gasteiger partial charge in [-0.05, 0) is 49.6 Å². The van der Waals surface area contributed by atoms with Crippen LogP contribution in [0.1, 0.15) is 17.3 Å². The van der Waals surface area contributed by atoms with E-state index in [2.05, 4.69) is 15.3 Å². The average molecular weight is 341 g/mol. The number of H-pyrrole nitrogens is 1. The van der Waals surface area contributed by atoms with Crippen molar-refractivity contribution < 1.29 is 9.53 Å². The Hall–Kier alpha value is -2.47. The fourth-order valence-corrected chi connectivity index (χ4v) is 2.95. The van der Waals surface area contributed by atoms with Crippen molar-refractivity contribution in [2.45, 2.75) is 11.8 Å². The zero-order chi connectivity index (χ0) is 17.1. The lowest BCUT2D eigenvalue weighted by molar-refractivity contribution is 0.0963. The number of nitrogens with zero attached hydrogens (tertiary/aromatic N) is 1. The number of fused-ring (bicyclic) bond motifs is 1. The molecule has 6 heteroatoms. The van der Waals surface area contributed by atoms with Crippen LogP contribution in [0, 0.1) is 0 Å². The predicted octanol–water partition coefficient (Wildman–Crippen LogP) is 3.71. The van der Waals surface area contributed by atoms with Crippen LogP contribution in [-0.4, -0.2) is 35.8 Å². The third-order valence-electron chi connectivity index (χ3n) is 3.72. The molecule has 1 heterocycles. The molecule has 1 aromatic heterocycles. The highest BCUT2D eigenvalue weighted by Crippen LogP contribution is 2.33. The Morgan fingerprint density at radius 2 is 2.12 bits per heavy atom. The van der Waals surface area contributed by atoms with E-state index < -0.39 is 0 Å². The number of aromatic amines is 1. The molecule has 24 heavy (non-hydrogen) atoms. The minimum atomic E-state index is -0.124. The topological polar surface area (TPSA) is 67.0 Å². The molecule has 0 aliphatic rings. The summed E-state index contributed by atoms with van der Waals surface area (Å²) in [6.07, 6.45) is 2.03. The maximum Gasteiger partial charge on any atom is 0.251 e. The first-order valence-corrected chi connectivity index (χ1v) is 8.91. The Morgan fingerprint density at radius 1 is 1.29 bits per heavy atom. The van der Waals surface area contributed by atoms with Gasteiger partial charge in [-0.3, -0.25) is 4.79 Å². The van der Waals surface area contributed by atoms with Gasteiger partial charge in [0.05, 0.1) is 23.2 Å². The summed E-state index contributed by atoms with van der Waals surface area (Å²) in [4.78, 5) is 20.9. The summed E-state index contributed by atoms with van der Waals surface area (Å²) in [5, 5.41) is 2.62. The van der Waals surface area contributed by atoms with Gasteiger partial charge < -0.3 is 15.0 Å². The highest BCUT2D eigenvalue weighted by Gasteiger charge is 2.13. The van der Waals surface area contributed by atoms with Crippen molar-refractivity contribution in [1.29, 1.82) is 0 Å². The van der Waals surface area contributed by atoms with Crippen LogP contribution in [-0.2, 0) is 0 Å². The number of amides is 1. The number of hydrogen-bond donors (Lipinski definition) is 2. The smallest absolute Gasteiger partial charge is 0.251 e. The second kappa shape index (κ2) is 6.97. The number of carbonyl (C=O) groups excluding carboxylic acids is 1. The van der Waals surface area contributed by atoms with E-state index in [4.69, 9.17) is 4.74 Å². The average Bonchev–Trinajstić information content (AvgIpc) is 3.04. The van der Waals surface area contributed by atoms with Crippen LogP contribution >= 0.6 is 11.8 Å². The summed E-state index contributed by atoms with van der Waals surface area (Å²) >= 11 is 1.67. The molecule has 2 aromatic carbocycles. The Kier molecular flexibility index (Phi) is 4.76. The second-order valence-corrected chi connectivity index (χ2v) is 6.07. The first-order chi connectivity index (χ1) is 11.7. The van der Waals surface area contributed by atoms with Gasteiger partial charge in [0.15, 0.2) is 0 Å². The van der Waals surface area contributed by atoms with E-state index in [0.717, 1.165) is 33.1 Å². The van der Waals surface area contributed by atoms with Gasteiger partial charge in [-0.25, -0.2) is 4.98 Å². The van der Waals surface area contributed by atoms with Crippen LogP contribution in [0.3, 0.4) is 0 Å². The summed E-state index contributed by atoms with van der Waals surface area (Å²) in [5.41, 5.74) is 3.13. The number of thioether (sulfide) groups is 1. The third kappa shape index (κ3) is 3.10. The summed E-state index contributed by atoms with van der Waals surface area (Å²) < 4.78 is 5.77. The van der Waals surface area contributed by atoms with Gasteiger partial charge >= 0.3 is 0 Å². The van der Waals surface area contributed by atoms with Crippen LogP contribution in [0.4, 0.5) is 0 Å². The van der Waals surface area contributed by atoms with Gasteiger partial charge in [0.2, 0.25) is 0 Å². The number of benzene rings is 2. The maximum absolute atomic E-state index is 11.8. The van der Waals surface area contributed by atoms with Crippen molar-refractivity contribution in [2.24, 2.45) is 0 Å². The summed E-state index contributed by atoms with van der Waals surface area (Å²) in [6, 6.07) is 11.5. The summed E-state index contributed by atoms with van der Waals surface area (Å²) in [5.74, 6) is 1.41. The van der Waals surface area contributed by atoms with Gasteiger partial charge in [-0.15, -0.1) is 11.8 Å². The third-order valence-corrected chi connectivity index (χ3v) is 4.44. The van der Waals surface area contributed by atoms with E-state index >= 15 is 0 Å². The van der Waals surface area contributed by atoms with E-state index in [1.807, 2.05) is 37.4 Å². The minimum absolute atomic E-state index is 0.124. The van der Waals surface area contributed by atoms with E-state index in [1.54, 1.807) is 30.9 Å². The van der Waals surface area contributed by atoms with E-state index in [-0.39, 0.29) is 5.91 Å². The normalized spacial score (nSPS) is 10.8. The number of rotatable bonds is 5. The van der Waals surface area contributed by atoms with Gasteiger partial charge in [0.1, 0.15) is 11.6 Å². The van der Waals surface area contributed by atoms with E-state index in [9.17, 15) is 4.79 Å².